The third-order valence-electron chi connectivity index (χ3n) is 3.38. The predicted octanol–water partition coefficient (Wildman–Crippen LogP) is 2.80. The summed E-state index contributed by atoms with van der Waals surface area (Å²) in [5.41, 5.74) is 0. The van der Waals surface area contributed by atoms with E-state index < -0.39 is 0 Å². The van der Waals surface area contributed by atoms with Crippen LogP contribution < -0.4 is 0 Å². The molecule has 1 unspecified atom stereocenters. The molecule has 0 bridgehead atoms. The Bertz CT molecular complexity index is 251. The molecule has 1 aliphatic rings. The minimum atomic E-state index is -0.176. The van der Waals surface area contributed by atoms with Gasteiger partial charge in [-0.2, -0.15) is 0 Å². The lowest BCUT2D eigenvalue weighted by Crippen LogP contribution is -2.46. The number of hydrogen-bond donors (Lipinski definition) is 0. The summed E-state index contributed by atoms with van der Waals surface area (Å²) < 4.78 is 5.59. The molecule has 0 aromatic heterocycles. The topological polar surface area (TPSA) is 29.5 Å². The molecule has 3 nitrogen and oxygen atoms in total. The molecule has 0 aromatic rings. The summed E-state index contributed by atoms with van der Waals surface area (Å²) in [5.74, 6) is 0.286. The predicted molar refractivity (Wildman–Crippen MR) is 74.8 cm³/mol. The minimum Gasteiger partial charge on any atom is -0.368 e. The van der Waals surface area contributed by atoms with Gasteiger partial charge in [0.2, 0.25) is 0 Å². The highest BCUT2D eigenvalue weighted by atomic mass is 16.5. The molecule has 1 saturated heterocycles. The van der Waals surface area contributed by atoms with E-state index in [-0.39, 0.29) is 11.9 Å². The first kappa shape index (κ1) is 15.4. The molecule has 1 heterocycles. The van der Waals surface area contributed by atoms with Crippen LogP contribution in [-0.2, 0) is 9.53 Å². The van der Waals surface area contributed by atoms with Crippen LogP contribution in [0.1, 0.15) is 45.4 Å². The van der Waals surface area contributed by atoms with Crippen LogP contribution in [0.5, 0.6) is 0 Å². The zero-order chi connectivity index (χ0) is 13.2. The molecular weight excluding hydrogens is 226 g/mol. The van der Waals surface area contributed by atoms with Gasteiger partial charge in [-0.3, -0.25) is 9.69 Å². The van der Waals surface area contributed by atoms with Crippen LogP contribution in [0.2, 0.25) is 0 Å². The fourth-order valence-corrected chi connectivity index (χ4v) is 2.34. The molecule has 0 N–H and O–H groups in total. The van der Waals surface area contributed by atoms with Gasteiger partial charge in [0.05, 0.1) is 6.61 Å². The van der Waals surface area contributed by atoms with Gasteiger partial charge in [-0.15, -0.1) is 6.58 Å². The van der Waals surface area contributed by atoms with Crippen molar-refractivity contribution in [3.63, 3.8) is 0 Å². The van der Waals surface area contributed by atoms with Crippen molar-refractivity contribution in [3.8, 4) is 0 Å². The first-order valence-electron chi connectivity index (χ1n) is 7.25. The van der Waals surface area contributed by atoms with Gasteiger partial charge in [-0.05, 0) is 32.2 Å². The molecule has 0 amide bonds. The van der Waals surface area contributed by atoms with Crippen LogP contribution in [0.4, 0.5) is 0 Å². The monoisotopic (exact) mass is 253 g/mol. The first-order valence-corrected chi connectivity index (χ1v) is 7.25. The number of allylic oxidation sites excluding steroid dienone is 1. The van der Waals surface area contributed by atoms with Crippen LogP contribution in [0.15, 0.2) is 12.7 Å². The Morgan fingerprint density at radius 1 is 1.44 bits per heavy atom. The van der Waals surface area contributed by atoms with E-state index in [4.69, 9.17) is 4.74 Å². The van der Waals surface area contributed by atoms with E-state index in [1.807, 2.05) is 6.08 Å². The molecule has 18 heavy (non-hydrogen) atoms. The Balaban J connectivity index is 2.17. The maximum atomic E-state index is 12.0. The summed E-state index contributed by atoms with van der Waals surface area (Å²) in [6, 6.07) is 0. The number of unbranched alkanes of at least 4 members (excludes halogenated alkanes) is 3. The number of hydrogen-bond acceptors (Lipinski definition) is 3. The quantitative estimate of drug-likeness (QED) is 0.467. The molecule has 0 saturated carbocycles. The summed E-state index contributed by atoms with van der Waals surface area (Å²) in [5, 5.41) is 0. The summed E-state index contributed by atoms with van der Waals surface area (Å²) in [6.07, 6.45) is 7.87. The first-order chi connectivity index (χ1) is 8.77. The lowest BCUT2D eigenvalue weighted by Gasteiger charge is -2.31. The van der Waals surface area contributed by atoms with Crippen LogP contribution in [0.3, 0.4) is 0 Å². The third-order valence-corrected chi connectivity index (χ3v) is 3.38. The van der Waals surface area contributed by atoms with Gasteiger partial charge >= 0.3 is 0 Å². The second-order valence-electron chi connectivity index (χ2n) is 5.01. The molecule has 0 spiro atoms. The number of rotatable bonds is 9. The van der Waals surface area contributed by atoms with Crippen LogP contribution in [-0.4, -0.2) is 43.0 Å². The molecule has 1 rings (SSSR count). The van der Waals surface area contributed by atoms with Gasteiger partial charge < -0.3 is 4.74 Å². The summed E-state index contributed by atoms with van der Waals surface area (Å²) in [6.45, 7) is 9.41. The SMILES string of the molecule is C=CCCCCCC(=O)C1CN(CCC)CCO1. The van der Waals surface area contributed by atoms with E-state index in [9.17, 15) is 4.79 Å². The van der Waals surface area contributed by atoms with Gasteiger partial charge in [0, 0.05) is 19.5 Å². The molecule has 1 aliphatic heterocycles. The number of carbonyl (C=O) groups is 1. The fourth-order valence-electron chi connectivity index (χ4n) is 2.34. The molecule has 3 heteroatoms. The summed E-state index contributed by atoms with van der Waals surface area (Å²) in [4.78, 5) is 14.3. The molecule has 1 atom stereocenters. The molecule has 0 aromatic carbocycles. The highest BCUT2D eigenvalue weighted by Gasteiger charge is 2.25. The van der Waals surface area contributed by atoms with Crippen molar-refractivity contribution in [3.05, 3.63) is 12.7 Å². The number of ether oxygens (including phenoxy) is 1. The normalized spacial score (nSPS) is 20.8. The average molecular weight is 253 g/mol. The van der Waals surface area contributed by atoms with Crippen LogP contribution in [0.25, 0.3) is 0 Å². The second kappa shape index (κ2) is 9.29. The summed E-state index contributed by atoms with van der Waals surface area (Å²) in [7, 11) is 0. The maximum absolute atomic E-state index is 12.0. The van der Waals surface area contributed by atoms with E-state index in [2.05, 4.69) is 18.4 Å². The van der Waals surface area contributed by atoms with E-state index in [0.29, 0.717) is 13.0 Å². The third kappa shape index (κ3) is 5.78. The minimum absolute atomic E-state index is 0.176. The van der Waals surface area contributed by atoms with Crippen molar-refractivity contribution < 1.29 is 9.53 Å². The number of ketones is 1. The van der Waals surface area contributed by atoms with E-state index in [1.165, 1.54) is 0 Å². The van der Waals surface area contributed by atoms with Crippen molar-refractivity contribution >= 4 is 5.78 Å². The van der Waals surface area contributed by atoms with Gasteiger partial charge in [-0.1, -0.05) is 19.4 Å². The summed E-state index contributed by atoms with van der Waals surface area (Å²) >= 11 is 0. The zero-order valence-electron chi connectivity index (χ0n) is 11.7. The lowest BCUT2D eigenvalue weighted by atomic mass is 10.1. The maximum Gasteiger partial charge on any atom is 0.162 e. The number of morpholine rings is 1. The highest BCUT2D eigenvalue weighted by molar-refractivity contribution is 5.83. The van der Waals surface area contributed by atoms with E-state index >= 15 is 0 Å². The zero-order valence-corrected chi connectivity index (χ0v) is 11.7. The second-order valence-corrected chi connectivity index (χ2v) is 5.01. The number of carbonyl (C=O) groups excluding carboxylic acids is 1. The Morgan fingerprint density at radius 3 is 3.00 bits per heavy atom. The molecular formula is C15H27NO2. The Morgan fingerprint density at radius 2 is 2.28 bits per heavy atom. The molecule has 0 radical (unpaired) electrons. The van der Waals surface area contributed by atoms with Gasteiger partial charge in [-0.25, -0.2) is 0 Å². The molecule has 104 valence electrons. The Kier molecular flexibility index (Phi) is 7.94. The van der Waals surface area contributed by atoms with Gasteiger partial charge in [0.1, 0.15) is 6.10 Å². The average Bonchev–Trinajstić information content (AvgIpc) is 2.39. The number of Topliss-reactive ketones (excluding diaryl/α,β-unsaturated/α-hetero) is 1. The van der Waals surface area contributed by atoms with Crippen molar-refractivity contribution in [1.82, 2.24) is 4.90 Å². The molecule has 0 aliphatic carbocycles. The van der Waals surface area contributed by atoms with Gasteiger partial charge in [0.25, 0.3) is 0 Å². The van der Waals surface area contributed by atoms with Crippen molar-refractivity contribution in [1.29, 1.82) is 0 Å². The fraction of sp³-hybridized carbons (Fsp3) is 0.800. The largest absolute Gasteiger partial charge is 0.368 e. The lowest BCUT2D eigenvalue weighted by molar-refractivity contribution is -0.136. The standard InChI is InChI=1S/C15H27NO2/c1-3-5-6-7-8-9-14(17)15-13-16(10-4-2)11-12-18-15/h3,15H,1,4-13H2,2H3. The Hall–Kier alpha value is -0.670. The van der Waals surface area contributed by atoms with Crippen molar-refractivity contribution in [2.75, 3.05) is 26.2 Å². The van der Waals surface area contributed by atoms with Crippen LogP contribution in [0, 0.1) is 0 Å². The van der Waals surface area contributed by atoms with Crippen molar-refractivity contribution in [2.45, 2.75) is 51.6 Å². The number of nitrogens with zero attached hydrogens (tertiary/aromatic N) is 1. The van der Waals surface area contributed by atoms with E-state index in [1.54, 1.807) is 0 Å². The van der Waals surface area contributed by atoms with Crippen molar-refractivity contribution in [2.24, 2.45) is 0 Å². The van der Waals surface area contributed by atoms with E-state index in [0.717, 1.165) is 51.7 Å². The van der Waals surface area contributed by atoms with Crippen LogP contribution >= 0.6 is 0 Å². The molecule has 1 fully saturated rings. The highest BCUT2D eigenvalue weighted by Crippen LogP contribution is 2.11. The smallest absolute Gasteiger partial charge is 0.162 e. The Labute approximate surface area is 111 Å². The van der Waals surface area contributed by atoms with Gasteiger partial charge in [0.15, 0.2) is 5.78 Å².